The van der Waals surface area contributed by atoms with E-state index in [1.165, 1.54) is 7.11 Å². The molecule has 0 saturated heterocycles. The number of rotatable bonds is 7. The minimum Gasteiger partial charge on any atom is -0.463 e. The van der Waals surface area contributed by atoms with Gasteiger partial charge in [-0.25, -0.2) is 4.79 Å². The van der Waals surface area contributed by atoms with Crippen LogP contribution in [0.2, 0.25) is 0 Å². The van der Waals surface area contributed by atoms with Gasteiger partial charge >= 0.3 is 5.97 Å². The molecule has 0 fully saturated rings. The lowest BCUT2D eigenvalue weighted by Gasteiger charge is -2.21. The van der Waals surface area contributed by atoms with Gasteiger partial charge in [0.15, 0.2) is 0 Å². The molecular formula is C18H22N2O3. The van der Waals surface area contributed by atoms with E-state index in [9.17, 15) is 9.59 Å². The summed E-state index contributed by atoms with van der Waals surface area (Å²) in [5.74, 6) is 0.919. The van der Waals surface area contributed by atoms with Gasteiger partial charge in [0.05, 0.1) is 19.6 Å². The highest BCUT2D eigenvalue weighted by Crippen LogP contribution is 2.36. The zero-order valence-electron chi connectivity index (χ0n) is 13.6. The van der Waals surface area contributed by atoms with Crippen LogP contribution in [0, 0.1) is 12.3 Å². The quantitative estimate of drug-likeness (QED) is 0.431. The first kappa shape index (κ1) is 17.0. The molecule has 0 radical (unpaired) electrons. The smallest absolute Gasteiger partial charge is 0.375 e. The standard InChI is InChI=1S/C18H22N2O3/c1-4-10-19(2)11-7-12-20-13-15(17(21)18(22)23-3)14-8-5-6-9-16(14)20/h1,5-6,8-9,15H,7,10-13H2,2-3H3. The fourth-order valence-electron chi connectivity index (χ4n) is 2.93. The summed E-state index contributed by atoms with van der Waals surface area (Å²) in [6.07, 6.45) is 6.23. The molecular weight excluding hydrogens is 292 g/mol. The summed E-state index contributed by atoms with van der Waals surface area (Å²) in [5, 5.41) is 0. The van der Waals surface area contributed by atoms with Gasteiger partial charge in [0.1, 0.15) is 0 Å². The van der Waals surface area contributed by atoms with Gasteiger partial charge in [0, 0.05) is 25.3 Å². The SMILES string of the molecule is C#CCN(C)CCCN1CC(C(=O)C(=O)OC)c2ccccc21. The number of hydrogen-bond acceptors (Lipinski definition) is 5. The fourth-order valence-corrected chi connectivity index (χ4v) is 2.93. The van der Waals surface area contributed by atoms with E-state index in [1.807, 2.05) is 31.3 Å². The van der Waals surface area contributed by atoms with Crippen LogP contribution in [-0.4, -0.2) is 57.0 Å². The second kappa shape index (κ2) is 7.80. The number of benzene rings is 1. The van der Waals surface area contributed by atoms with Crippen LogP contribution in [-0.2, 0) is 14.3 Å². The molecule has 5 nitrogen and oxygen atoms in total. The predicted molar refractivity (Wildman–Crippen MR) is 89.4 cm³/mol. The molecule has 1 aliphatic heterocycles. The number of nitrogens with zero attached hydrogens (tertiary/aromatic N) is 2. The molecule has 5 heteroatoms. The number of ketones is 1. The molecule has 2 rings (SSSR count). The predicted octanol–water partition coefficient (Wildman–Crippen LogP) is 1.29. The number of fused-ring (bicyclic) bond motifs is 1. The molecule has 1 heterocycles. The summed E-state index contributed by atoms with van der Waals surface area (Å²) in [4.78, 5) is 28.0. The Morgan fingerprint density at radius 1 is 1.43 bits per heavy atom. The Hall–Kier alpha value is -2.32. The number of ether oxygens (including phenoxy) is 1. The van der Waals surface area contributed by atoms with Crippen molar-refractivity contribution >= 4 is 17.4 Å². The van der Waals surface area contributed by atoms with E-state index < -0.39 is 17.7 Å². The lowest BCUT2D eigenvalue weighted by Crippen LogP contribution is -2.31. The molecule has 0 saturated carbocycles. The Morgan fingerprint density at radius 3 is 2.87 bits per heavy atom. The zero-order valence-corrected chi connectivity index (χ0v) is 13.6. The first-order valence-corrected chi connectivity index (χ1v) is 7.66. The van der Waals surface area contributed by atoms with Crippen LogP contribution in [0.3, 0.4) is 0 Å². The van der Waals surface area contributed by atoms with E-state index in [-0.39, 0.29) is 0 Å². The number of terminal acetylenes is 1. The lowest BCUT2D eigenvalue weighted by atomic mass is 9.97. The number of carbonyl (C=O) groups is 2. The molecule has 1 atom stereocenters. The highest BCUT2D eigenvalue weighted by molar-refractivity contribution is 6.36. The summed E-state index contributed by atoms with van der Waals surface area (Å²) in [5.41, 5.74) is 1.93. The first-order chi connectivity index (χ1) is 11.1. The third-order valence-corrected chi connectivity index (χ3v) is 4.09. The number of Topliss-reactive ketones (excluding diaryl/α,β-unsaturated/α-hetero) is 1. The molecule has 1 aromatic rings. The van der Waals surface area contributed by atoms with Gasteiger partial charge in [0.25, 0.3) is 0 Å². The van der Waals surface area contributed by atoms with E-state index in [1.54, 1.807) is 0 Å². The van der Waals surface area contributed by atoms with Crippen molar-refractivity contribution in [2.45, 2.75) is 12.3 Å². The van der Waals surface area contributed by atoms with Crippen LogP contribution in [0.15, 0.2) is 24.3 Å². The molecule has 1 unspecified atom stereocenters. The van der Waals surface area contributed by atoms with E-state index in [0.717, 1.165) is 30.8 Å². The van der Waals surface area contributed by atoms with Crippen molar-refractivity contribution in [3.05, 3.63) is 29.8 Å². The maximum atomic E-state index is 12.2. The van der Waals surface area contributed by atoms with Crippen molar-refractivity contribution < 1.29 is 14.3 Å². The molecule has 0 aliphatic carbocycles. The summed E-state index contributed by atoms with van der Waals surface area (Å²) in [6.45, 7) is 2.85. The summed E-state index contributed by atoms with van der Waals surface area (Å²) >= 11 is 0. The lowest BCUT2D eigenvalue weighted by molar-refractivity contribution is -0.152. The van der Waals surface area contributed by atoms with E-state index in [0.29, 0.717) is 13.1 Å². The number of methoxy groups -OCH3 is 1. The van der Waals surface area contributed by atoms with Crippen molar-refractivity contribution in [2.75, 3.05) is 45.2 Å². The van der Waals surface area contributed by atoms with Gasteiger partial charge < -0.3 is 9.64 Å². The molecule has 0 N–H and O–H groups in total. The van der Waals surface area contributed by atoms with Crippen LogP contribution >= 0.6 is 0 Å². The van der Waals surface area contributed by atoms with Crippen molar-refractivity contribution in [2.24, 2.45) is 0 Å². The van der Waals surface area contributed by atoms with Crippen LogP contribution in [0.5, 0.6) is 0 Å². The van der Waals surface area contributed by atoms with Crippen LogP contribution in [0.25, 0.3) is 0 Å². The Bertz CT molecular complexity index is 621. The monoisotopic (exact) mass is 314 g/mol. The largest absolute Gasteiger partial charge is 0.463 e. The molecule has 0 bridgehead atoms. The van der Waals surface area contributed by atoms with Crippen molar-refractivity contribution in [1.82, 2.24) is 4.90 Å². The van der Waals surface area contributed by atoms with E-state index >= 15 is 0 Å². The number of hydrogen-bond donors (Lipinski definition) is 0. The Labute approximate surface area is 137 Å². The fraction of sp³-hybridized carbons (Fsp3) is 0.444. The molecule has 1 aromatic carbocycles. The first-order valence-electron chi connectivity index (χ1n) is 7.66. The van der Waals surface area contributed by atoms with Crippen molar-refractivity contribution in [3.8, 4) is 12.3 Å². The van der Waals surface area contributed by atoms with Crippen molar-refractivity contribution in [3.63, 3.8) is 0 Å². The number of esters is 1. The van der Waals surface area contributed by atoms with E-state index in [4.69, 9.17) is 6.42 Å². The molecule has 0 spiro atoms. The van der Waals surface area contributed by atoms with Gasteiger partial charge in [0.2, 0.25) is 5.78 Å². The van der Waals surface area contributed by atoms with Crippen molar-refractivity contribution in [1.29, 1.82) is 0 Å². The maximum Gasteiger partial charge on any atom is 0.375 e. The third kappa shape index (κ3) is 3.91. The Kier molecular flexibility index (Phi) is 5.78. The minimum atomic E-state index is -0.777. The van der Waals surface area contributed by atoms with Crippen LogP contribution in [0.4, 0.5) is 5.69 Å². The van der Waals surface area contributed by atoms with Gasteiger partial charge in [-0.15, -0.1) is 6.42 Å². The Balaban J connectivity index is 2.05. The molecule has 23 heavy (non-hydrogen) atoms. The minimum absolute atomic E-state index is 0.443. The van der Waals surface area contributed by atoms with Gasteiger partial charge in [-0.3, -0.25) is 9.69 Å². The van der Waals surface area contributed by atoms with Gasteiger partial charge in [-0.2, -0.15) is 0 Å². The average Bonchev–Trinajstić information content (AvgIpc) is 2.93. The summed E-state index contributed by atoms with van der Waals surface area (Å²) in [7, 11) is 3.22. The summed E-state index contributed by atoms with van der Waals surface area (Å²) in [6, 6.07) is 7.73. The molecule has 0 amide bonds. The van der Waals surface area contributed by atoms with Gasteiger partial charge in [-0.05, 0) is 25.1 Å². The van der Waals surface area contributed by atoms with Crippen LogP contribution < -0.4 is 4.90 Å². The number of para-hydroxylation sites is 1. The zero-order chi connectivity index (χ0) is 16.8. The topological polar surface area (TPSA) is 49.9 Å². The van der Waals surface area contributed by atoms with Gasteiger partial charge in [-0.1, -0.05) is 24.1 Å². The maximum absolute atomic E-state index is 12.2. The molecule has 122 valence electrons. The summed E-state index contributed by atoms with van der Waals surface area (Å²) < 4.78 is 4.58. The second-order valence-corrected chi connectivity index (χ2v) is 5.71. The van der Waals surface area contributed by atoms with Crippen LogP contribution in [0.1, 0.15) is 17.9 Å². The van der Waals surface area contributed by atoms with E-state index in [2.05, 4.69) is 20.5 Å². The third-order valence-electron chi connectivity index (χ3n) is 4.09. The molecule has 1 aliphatic rings. The molecule has 0 aromatic heterocycles. The average molecular weight is 314 g/mol. The highest BCUT2D eigenvalue weighted by atomic mass is 16.5. The number of carbonyl (C=O) groups excluding carboxylic acids is 2. The second-order valence-electron chi connectivity index (χ2n) is 5.71. The normalized spacial score (nSPS) is 16.1. The highest BCUT2D eigenvalue weighted by Gasteiger charge is 2.36. The number of anilines is 1. The Morgan fingerprint density at radius 2 is 2.17 bits per heavy atom.